The second-order valence-corrected chi connectivity index (χ2v) is 4.23. The summed E-state index contributed by atoms with van der Waals surface area (Å²) in [5, 5.41) is 30.3. The van der Waals surface area contributed by atoms with Crippen LogP contribution in [0.25, 0.3) is 0 Å². The van der Waals surface area contributed by atoms with E-state index in [9.17, 15) is 29.5 Å². The third-order valence-corrected chi connectivity index (χ3v) is 2.86. The summed E-state index contributed by atoms with van der Waals surface area (Å²) < 4.78 is 18.2. The van der Waals surface area contributed by atoms with Gasteiger partial charge in [0.2, 0.25) is 0 Å². The number of aliphatic hydroxyl groups excluding tert-OH is 2. The van der Waals surface area contributed by atoms with E-state index in [4.69, 9.17) is 5.73 Å². The van der Waals surface area contributed by atoms with Gasteiger partial charge in [0.05, 0.1) is 18.1 Å². The molecule has 9 heteroatoms. The molecule has 1 aromatic carbocycles. The fourth-order valence-corrected chi connectivity index (χ4v) is 1.77. The minimum Gasteiger partial charge on any atom is -0.465 e. The highest BCUT2D eigenvalue weighted by molar-refractivity contribution is 5.94. The summed E-state index contributed by atoms with van der Waals surface area (Å²) in [5.41, 5.74) is 3.41. The van der Waals surface area contributed by atoms with Crippen molar-refractivity contribution >= 4 is 11.7 Å². The van der Waals surface area contributed by atoms with Crippen LogP contribution in [0.1, 0.15) is 28.4 Å². The van der Waals surface area contributed by atoms with Crippen LogP contribution in [0, 0.1) is 15.9 Å². The SMILES string of the molecule is COC(=O)c1cc(F)c(C(O)C(O)CCN)cc1[N+](=O)[O-]. The average Bonchev–Trinajstić information content (AvgIpc) is 2.45. The van der Waals surface area contributed by atoms with Gasteiger partial charge in [-0.3, -0.25) is 10.1 Å². The number of nitrogens with zero attached hydrogens (tertiary/aromatic N) is 1. The molecule has 0 spiro atoms. The number of esters is 1. The smallest absolute Gasteiger partial charge is 0.344 e. The largest absolute Gasteiger partial charge is 0.465 e. The summed E-state index contributed by atoms with van der Waals surface area (Å²) in [5.74, 6) is -2.14. The Morgan fingerprint density at radius 2 is 2.14 bits per heavy atom. The lowest BCUT2D eigenvalue weighted by Crippen LogP contribution is -2.23. The Morgan fingerprint density at radius 3 is 2.62 bits per heavy atom. The van der Waals surface area contributed by atoms with E-state index in [1.165, 1.54) is 0 Å². The third-order valence-electron chi connectivity index (χ3n) is 2.86. The number of benzene rings is 1. The topological polar surface area (TPSA) is 136 Å². The lowest BCUT2D eigenvalue weighted by Gasteiger charge is -2.18. The molecule has 1 rings (SSSR count). The molecule has 0 radical (unpaired) electrons. The number of hydrogen-bond donors (Lipinski definition) is 3. The molecule has 0 fully saturated rings. The molecule has 4 N–H and O–H groups in total. The van der Waals surface area contributed by atoms with E-state index in [0.717, 1.165) is 7.11 Å². The second-order valence-electron chi connectivity index (χ2n) is 4.23. The summed E-state index contributed by atoms with van der Waals surface area (Å²) in [6.07, 6.45) is -3.10. The minimum absolute atomic E-state index is 0.0207. The van der Waals surface area contributed by atoms with E-state index >= 15 is 0 Å². The van der Waals surface area contributed by atoms with Gasteiger partial charge in [0.1, 0.15) is 17.5 Å². The molecule has 8 nitrogen and oxygen atoms in total. The zero-order valence-electron chi connectivity index (χ0n) is 11.2. The highest BCUT2D eigenvalue weighted by atomic mass is 19.1. The standard InChI is InChI=1S/C12H15FN2O6/c1-21-12(18)7-4-8(13)6(5-9(7)15(19)20)11(17)10(16)2-3-14/h4-5,10-11,16-17H,2-3,14H2,1H3. The van der Waals surface area contributed by atoms with E-state index in [1.54, 1.807) is 0 Å². The van der Waals surface area contributed by atoms with Crippen molar-refractivity contribution in [3.8, 4) is 0 Å². The fourth-order valence-electron chi connectivity index (χ4n) is 1.77. The van der Waals surface area contributed by atoms with Gasteiger partial charge in [-0.05, 0) is 19.0 Å². The highest BCUT2D eigenvalue weighted by Gasteiger charge is 2.29. The van der Waals surface area contributed by atoms with Crippen LogP contribution in [-0.4, -0.2) is 40.9 Å². The van der Waals surface area contributed by atoms with Crippen LogP contribution in [0.5, 0.6) is 0 Å². The number of nitrogens with two attached hydrogens (primary N) is 1. The number of nitro groups is 1. The van der Waals surface area contributed by atoms with E-state index in [0.29, 0.717) is 12.1 Å². The minimum atomic E-state index is -1.70. The molecule has 116 valence electrons. The number of methoxy groups -OCH3 is 1. The number of hydrogen-bond acceptors (Lipinski definition) is 7. The maximum Gasteiger partial charge on any atom is 0.344 e. The zero-order valence-corrected chi connectivity index (χ0v) is 11.2. The second kappa shape index (κ2) is 7.07. The molecule has 1 aromatic rings. The van der Waals surface area contributed by atoms with Crippen molar-refractivity contribution < 1.29 is 29.1 Å². The predicted octanol–water partition coefficient (Wildman–Crippen LogP) is 0.264. The zero-order chi connectivity index (χ0) is 16.2. The first-order chi connectivity index (χ1) is 9.83. The van der Waals surface area contributed by atoms with E-state index in [1.807, 2.05) is 0 Å². The van der Waals surface area contributed by atoms with Gasteiger partial charge in [0, 0.05) is 11.6 Å². The quantitative estimate of drug-likeness (QED) is 0.389. The van der Waals surface area contributed by atoms with Gasteiger partial charge in [0.15, 0.2) is 0 Å². The number of aliphatic hydroxyl groups is 2. The van der Waals surface area contributed by atoms with Crippen LogP contribution < -0.4 is 5.73 Å². The van der Waals surface area contributed by atoms with E-state index in [2.05, 4.69) is 4.74 Å². The van der Waals surface area contributed by atoms with Crippen LogP contribution in [0.3, 0.4) is 0 Å². The van der Waals surface area contributed by atoms with Gasteiger partial charge in [-0.2, -0.15) is 0 Å². The molecule has 0 heterocycles. The Labute approximate surface area is 119 Å². The number of carbonyl (C=O) groups excluding carboxylic acids is 1. The van der Waals surface area contributed by atoms with Crippen molar-refractivity contribution in [2.45, 2.75) is 18.6 Å². The molecule has 0 bridgehead atoms. The van der Waals surface area contributed by atoms with E-state index in [-0.39, 0.29) is 13.0 Å². The van der Waals surface area contributed by atoms with Gasteiger partial charge in [0.25, 0.3) is 5.69 Å². The van der Waals surface area contributed by atoms with Gasteiger partial charge in [-0.25, -0.2) is 9.18 Å². The number of nitro benzene ring substituents is 1. The molecule has 0 aliphatic rings. The van der Waals surface area contributed by atoms with Crippen molar-refractivity contribution in [1.29, 1.82) is 0 Å². The summed E-state index contributed by atoms with van der Waals surface area (Å²) in [7, 11) is 0.998. The first kappa shape index (κ1) is 17.0. The van der Waals surface area contributed by atoms with Gasteiger partial charge < -0.3 is 20.7 Å². The fraction of sp³-hybridized carbons (Fsp3) is 0.417. The maximum atomic E-state index is 13.9. The number of halogens is 1. The van der Waals surface area contributed by atoms with E-state index < -0.39 is 45.7 Å². The Kier molecular flexibility index (Phi) is 5.70. The van der Waals surface area contributed by atoms with Crippen LogP contribution in [0.2, 0.25) is 0 Å². The molecule has 0 amide bonds. The normalized spacial score (nSPS) is 13.6. The summed E-state index contributed by atoms with van der Waals surface area (Å²) >= 11 is 0. The lowest BCUT2D eigenvalue weighted by atomic mass is 9.99. The number of carbonyl (C=O) groups is 1. The van der Waals surface area contributed by atoms with Crippen molar-refractivity contribution in [3.63, 3.8) is 0 Å². The predicted molar refractivity (Wildman–Crippen MR) is 69.0 cm³/mol. The average molecular weight is 302 g/mol. The molecular weight excluding hydrogens is 287 g/mol. The van der Waals surface area contributed by atoms with Gasteiger partial charge in [-0.1, -0.05) is 0 Å². The monoisotopic (exact) mass is 302 g/mol. The van der Waals surface area contributed by atoms with Crippen LogP contribution >= 0.6 is 0 Å². The van der Waals surface area contributed by atoms with Crippen molar-refractivity contribution in [2.24, 2.45) is 5.73 Å². The molecule has 0 aliphatic heterocycles. The molecule has 0 aliphatic carbocycles. The van der Waals surface area contributed by atoms with Gasteiger partial charge >= 0.3 is 5.97 Å². The summed E-state index contributed by atoms with van der Waals surface area (Å²) in [6.45, 7) is 0.0438. The molecule has 0 saturated heterocycles. The Bertz CT molecular complexity index is 551. The number of rotatable bonds is 6. The van der Waals surface area contributed by atoms with Crippen LogP contribution in [0.15, 0.2) is 12.1 Å². The van der Waals surface area contributed by atoms with Crippen LogP contribution in [0.4, 0.5) is 10.1 Å². The lowest BCUT2D eigenvalue weighted by molar-refractivity contribution is -0.385. The third kappa shape index (κ3) is 3.72. The van der Waals surface area contributed by atoms with Gasteiger partial charge in [-0.15, -0.1) is 0 Å². The molecule has 21 heavy (non-hydrogen) atoms. The number of ether oxygens (including phenoxy) is 1. The molecular formula is C12H15FN2O6. The Morgan fingerprint density at radius 1 is 1.52 bits per heavy atom. The highest BCUT2D eigenvalue weighted by Crippen LogP contribution is 2.29. The molecule has 0 aromatic heterocycles. The molecule has 2 atom stereocenters. The molecule has 0 saturated carbocycles. The molecule has 2 unspecified atom stereocenters. The van der Waals surface area contributed by atoms with Crippen molar-refractivity contribution in [2.75, 3.05) is 13.7 Å². The Hall–Kier alpha value is -2.10. The van der Waals surface area contributed by atoms with Crippen molar-refractivity contribution in [1.82, 2.24) is 0 Å². The Balaban J connectivity index is 3.33. The van der Waals surface area contributed by atoms with Crippen LogP contribution in [-0.2, 0) is 4.74 Å². The first-order valence-corrected chi connectivity index (χ1v) is 5.95. The summed E-state index contributed by atoms with van der Waals surface area (Å²) in [6, 6.07) is 1.30. The van der Waals surface area contributed by atoms with Crippen molar-refractivity contribution in [3.05, 3.63) is 39.2 Å². The first-order valence-electron chi connectivity index (χ1n) is 5.95. The summed E-state index contributed by atoms with van der Waals surface area (Å²) in [4.78, 5) is 21.4. The maximum absolute atomic E-state index is 13.9.